The Morgan fingerprint density at radius 3 is 2.83 bits per heavy atom. The lowest BCUT2D eigenvalue weighted by atomic mass is 9.46. The summed E-state index contributed by atoms with van der Waals surface area (Å²) in [7, 11) is 1.67. The van der Waals surface area contributed by atoms with Crippen LogP contribution >= 0.6 is 11.8 Å². The summed E-state index contributed by atoms with van der Waals surface area (Å²) in [5.41, 5.74) is 1.34. The van der Waals surface area contributed by atoms with Crippen molar-refractivity contribution in [1.82, 2.24) is 0 Å². The molecule has 3 aliphatic carbocycles. The van der Waals surface area contributed by atoms with Gasteiger partial charge in [-0.2, -0.15) is 0 Å². The Labute approximate surface area is 182 Å². The highest BCUT2D eigenvalue weighted by Gasteiger charge is 2.94. The van der Waals surface area contributed by atoms with Gasteiger partial charge in [0.1, 0.15) is 11.7 Å². The molecule has 2 spiro atoms. The number of aliphatic hydroxyl groups excluding tert-OH is 1. The summed E-state index contributed by atoms with van der Waals surface area (Å²) in [6.45, 7) is 6.68. The lowest BCUT2D eigenvalue weighted by Crippen LogP contribution is -2.69. The highest BCUT2D eigenvalue weighted by Crippen LogP contribution is 2.80. The molecule has 2 saturated heterocycles. The lowest BCUT2D eigenvalue weighted by molar-refractivity contribution is -0.139. The van der Waals surface area contributed by atoms with E-state index in [1.54, 1.807) is 18.9 Å². The van der Waals surface area contributed by atoms with Crippen LogP contribution in [-0.4, -0.2) is 60.0 Å². The van der Waals surface area contributed by atoms with Gasteiger partial charge in [-0.25, -0.2) is 0 Å². The molecule has 30 heavy (non-hydrogen) atoms. The summed E-state index contributed by atoms with van der Waals surface area (Å²) in [5.74, 6) is 1.80. The first-order valence-electron chi connectivity index (χ1n) is 11.2. The fourth-order valence-electron chi connectivity index (χ4n) is 7.73. The summed E-state index contributed by atoms with van der Waals surface area (Å²) in [5, 5.41) is 11.4. The Morgan fingerprint density at radius 1 is 1.33 bits per heavy atom. The second-order valence-corrected chi connectivity index (χ2v) is 11.2. The largest absolute Gasteiger partial charge is 0.468 e. The van der Waals surface area contributed by atoms with Crippen molar-refractivity contribution >= 4 is 11.8 Å². The van der Waals surface area contributed by atoms with Gasteiger partial charge in [-0.1, -0.05) is 20.8 Å². The minimum atomic E-state index is -0.539. The van der Waals surface area contributed by atoms with Crippen LogP contribution in [0.15, 0.2) is 10.7 Å². The number of ether oxygens (including phenoxy) is 4. The minimum absolute atomic E-state index is 0.0103. The normalized spacial score (nSPS) is 50.1. The number of methoxy groups -OCH3 is 1. The summed E-state index contributed by atoms with van der Waals surface area (Å²) in [6.07, 6.45) is 5.92. The number of aliphatic hydroxyl groups is 1. The first-order valence-corrected chi connectivity index (χ1v) is 12.5. The van der Waals surface area contributed by atoms with Crippen molar-refractivity contribution in [2.24, 2.45) is 17.3 Å². The van der Waals surface area contributed by atoms with Gasteiger partial charge in [0.2, 0.25) is 0 Å². The smallest absolute Gasteiger partial charge is 0.287 e. The Bertz CT molecular complexity index is 870. The maximum atomic E-state index is 11.4. The molecule has 6 nitrogen and oxygen atoms in total. The molecule has 6 rings (SSSR count). The fraction of sp³-hybridized carbons (Fsp3) is 0.826. The van der Waals surface area contributed by atoms with Crippen LogP contribution in [-0.2, 0) is 20.6 Å². The van der Waals surface area contributed by atoms with E-state index in [1.807, 2.05) is 12.5 Å². The van der Waals surface area contributed by atoms with Crippen LogP contribution in [0, 0.1) is 17.3 Å². The number of epoxide rings is 2. The third-order valence-electron chi connectivity index (χ3n) is 9.02. The highest BCUT2D eigenvalue weighted by atomic mass is 32.2. The van der Waals surface area contributed by atoms with Crippen LogP contribution in [0.3, 0.4) is 0 Å². The van der Waals surface area contributed by atoms with Crippen molar-refractivity contribution in [2.75, 3.05) is 19.3 Å². The van der Waals surface area contributed by atoms with Crippen LogP contribution < -0.4 is 4.74 Å². The van der Waals surface area contributed by atoms with Gasteiger partial charge in [0, 0.05) is 22.5 Å². The predicted molar refractivity (Wildman–Crippen MR) is 112 cm³/mol. The van der Waals surface area contributed by atoms with Crippen LogP contribution in [0.4, 0.5) is 0 Å². The van der Waals surface area contributed by atoms with E-state index < -0.39 is 17.3 Å². The molecule has 166 valence electrons. The number of furan rings is 1. The third kappa shape index (κ3) is 2.03. The van der Waals surface area contributed by atoms with Crippen molar-refractivity contribution in [3.05, 3.63) is 17.4 Å². The summed E-state index contributed by atoms with van der Waals surface area (Å²) in [6, 6.07) is 0. The van der Waals surface area contributed by atoms with Crippen molar-refractivity contribution in [2.45, 2.75) is 81.6 Å². The number of thioether (sulfide) groups is 1. The summed E-state index contributed by atoms with van der Waals surface area (Å²) >= 11 is 1.67. The zero-order chi connectivity index (χ0) is 21.1. The number of rotatable bonds is 5. The summed E-state index contributed by atoms with van der Waals surface area (Å²) < 4.78 is 30.9. The molecule has 1 aromatic rings. The molecule has 0 aromatic carbocycles. The van der Waals surface area contributed by atoms with E-state index in [1.165, 1.54) is 11.1 Å². The van der Waals surface area contributed by atoms with Crippen LogP contribution in [0.5, 0.6) is 5.95 Å². The van der Waals surface area contributed by atoms with E-state index >= 15 is 0 Å². The topological polar surface area (TPSA) is 76.9 Å². The van der Waals surface area contributed by atoms with E-state index in [9.17, 15) is 5.11 Å². The minimum Gasteiger partial charge on any atom is -0.468 e. The molecule has 1 N–H and O–H groups in total. The first-order chi connectivity index (χ1) is 14.4. The van der Waals surface area contributed by atoms with Crippen molar-refractivity contribution in [1.29, 1.82) is 0 Å². The SMILES string of the molecule is COc1occ2c1CC[C@@]1(C)[C@H]2CC2O[C@@]23[C@H](OCSC)C(C(C)C)[C@@H](O)[C@@H]2O[C@]213. The molecule has 9 atom stereocenters. The van der Waals surface area contributed by atoms with Crippen molar-refractivity contribution in [3.63, 3.8) is 0 Å². The molecule has 2 unspecified atom stereocenters. The molecule has 4 fully saturated rings. The molecular formula is C23H32O6S. The number of fused-ring (bicyclic) bond motifs is 3. The van der Waals surface area contributed by atoms with E-state index in [0.717, 1.165) is 19.3 Å². The quantitative estimate of drug-likeness (QED) is 0.560. The van der Waals surface area contributed by atoms with Crippen molar-refractivity contribution < 1.29 is 28.5 Å². The Hall–Kier alpha value is -0.730. The van der Waals surface area contributed by atoms with Gasteiger partial charge in [-0.15, -0.1) is 11.8 Å². The monoisotopic (exact) mass is 436 g/mol. The number of hydrogen-bond acceptors (Lipinski definition) is 7. The summed E-state index contributed by atoms with van der Waals surface area (Å²) in [4.78, 5) is 0. The Balaban J connectivity index is 1.46. The Morgan fingerprint density at radius 2 is 2.13 bits per heavy atom. The molecular weight excluding hydrogens is 404 g/mol. The average molecular weight is 437 g/mol. The van der Waals surface area contributed by atoms with Gasteiger partial charge in [0.05, 0.1) is 37.6 Å². The maximum Gasteiger partial charge on any atom is 0.287 e. The van der Waals surface area contributed by atoms with Crippen LogP contribution in [0.2, 0.25) is 0 Å². The average Bonchev–Trinajstić information content (AvgIpc) is 3.60. The van der Waals surface area contributed by atoms with Gasteiger partial charge in [0.15, 0.2) is 5.60 Å². The standard InChI is InChI=1S/C23H32O6S/c1-11(2)16-17(24)19-23(29-19)21(3)7-6-12-13(9-26-20(12)25-4)14(21)8-15-22(23,28-15)18(16)27-10-30-5/h9,11,14-19,24H,6-8,10H2,1-5H3/t14-,15?,16?,17+,18+,19-,21-,22+,23+/m0/s1. The second-order valence-electron chi connectivity index (χ2n) is 10.3. The third-order valence-corrected chi connectivity index (χ3v) is 9.39. The Kier molecular flexibility index (Phi) is 4.11. The van der Waals surface area contributed by atoms with Crippen molar-refractivity contribution in [3.8, 4) is 5.95 Å². The highest BCUT2D eigenvalue weighted by molar-refractivity contribution is 7.98. The zero-order valence-electron chi connectivity index (χ0n) is 18.3. The first kappa shape index (κ1) is 19.9. The molecule has 0 bridgehead atoms. The second kappa shape index (κ2) is 6.19. The molecule has 7 heteroatoms. The predicted octanol–water partition coefficient (Wildman–Crippen LogP) is 3.36. The lowest BCUT2D eigenvalue weighted by Gasteiger charge is -2.55. The van der Waals surface area contributed by atoms with Gasteiger partial charge in [-0.05, 0) is 37.4 Å². The van der Waals surface area contributed by atoms with E-state index in [0.29, 0.717) is 11.9 Å². The zero-order valence-corrected chi connectivity index (χ0v) is 19.2. The molecule has 0 radical (unpaired) electrons. The van der Waals surface area contributed by atoms with Crippen LogP contribution in [0.25, 0.3) is 0 Å². The molecule has 5 aliphatic rings. The van der Waals surface area contributed by atoms with Gasteiger partial charge >= 0.3 is 0 Å². The molecule has 1 aromatic heterocycles. The molecule has 2 aliphatic heterocycles. The van der Waals surface area contributed by atoms with E-state index in [2.05, 4.69) is 20.8 Å². The van der Waals surface area contributed by atoms with E-state index in [-0.39, 0.29) is 41.5 Å². The maximum absolute atomic E-state index is 11.4. The fourth-order valence-corrected chi connectivity index (χ4v) is 8.01. The van der Waals surface area contributed by atoms with Gasteiger partial charge in [-0.3, -0.25) is 0 Å². The molecule has 0 amide bonds. The molecule has 3 heterocycles. The van der Waals surface area contributed by atoms with Gasteiger partial charge in [0.25, 0.3) is 5.95 Å². The van der Waals surface area contributed by atoms with Gasteiger partial charge < -0.3 is 28.5 Å². The molecule has 2 saturated carbocycles. The van der Waals surface area contributed by atoms with Crippen LogP contribution in [0.1, 0.15) is 50.7 Å². The number of hydrogen-bond donors (Lipinski definition) is 1. The van der Waals surface area contributed by atoms with E-state index in [4.69, 9.17) is 23.4 Å².